The molecular formula is C18H12F6O2S. The van der Waals surface area contributed by atoms with Crippen LogP contribution in [0.3, 0.4) is 0 Å². The fraction of sp³-hybridized carbons (Fsp3) is 0.111. The Kier molecular flexibility index (Phi) is 5.84. The van der Waals surface area contributed by atoms with Gasteiger partial charge < -0.3 is 0 Å². The number of sulfone groups is 1. The lowest BCUT2D eigenvalue weighted by atomic mass is 9.97. The van der Waals surface area contributed by atoms with Crippen LogP contribution in [0, 0.1) is 0 Å². The minimum Gasteiger partial charge on any atom is -0.214 e. The molecular weight excluding hydrogens is 394 g/mol. The predicted molar refractivity (Wildman–Crippen MR) is 89.1 cm³/mol. The van der Waals surface area contributed by atoms with E-state index in [0.29, 0.717) is 11.1 Å². The van der Waals surface area contributed by atoms with E-state index in [1.165, 1.54) is 24.3 Å². The summed E-state index contributed by atoms with van der Waals surface area (Å²) in [7, 11) is -6.56. The Labute approximate surface area is 151 Å². The van der Waals surface area contributed by atoms with Gasteiger partial charge in [0, 0.05) is 0 Å². The van der Waals surface area contributed by atoms with Gasteiger partial charge in [0.25, 0.3) is 9.84 Å². The maximum atomic E-state index is 13.0. The SMILES string of the molecule is O=S(=O)(/C(=C\C=C(c1ccccc1)c1ccccc1)C(F)(F)F)C(F)(F)F. The predicted octanol–water partition coefficient (Wildman–Crippen LogP) is 5.50. The Balaban J connectivity index is 2.71. The first-order valence-corrected chi connectivity index (χ1v) is 8.84. The summed E-state index contributed by atoms with van der Waals surface area (Å²) in [4.78, 5) is -2.67. The molecule has 0 heterocycles. The van der Waals surface area contributed by atoms with Crippen LogP contribution in [0.1, 0.15) is 11.1 Å². The summed E-state index contributed by atoms with van der Waals surface area (Å²) in [5.74, 6) is 0. The van der Waals surface area contributed by atoms with Crippen LogP contribution in [-0.2, 0) is 9.84 Å². The molecule has 0 aliphatic heterocycles. The Morgan fingerprint density at radius 2 is 1.11 bits per heavy atom. The molecule has 0 N–H and O–H groups in total. The Morgan fingerprint density at radius 1 is 0.704 bits per heavy atom. The number of alkyl halides is 6. The number of halogens is 6. The minimum absolute atomic E-state index is 0.0574. The smallest absolute Gasteiger partial charge is 0.214 e. The lowest BCUT2D eigenvalue weighted by Crippen LogP contribution is -2.31. The molecule has 0 aromatic heterocycles. The summed E-state index contributed by atoms with van der Waals surface area (Å²) in [6.45, 7) is 0. The highest BCUT2D eigenvalue weighted by Gasteiger charge is 2.56. The minimum atomic E-state index is -6.56. The molecule has 0 radical (unpaired) electrons. The molecule has 2 rings (SSSR count). The van der Waals surface area contributed by atoms with Crippen LogP contribution in [0.15, 0.2) is 77.7 Å². The van der Waals surface area contributed by atoms with E-state index in [9.17, 15) is 34.8 Å². The number of hydrogen-bond donors (Lipinski definition) is 0. The second-order valence-corrected chi connectivity index (χ2v) is 7.20. The molecule has 0 unspecified atom stereocenters. The Bertz CT molecular complexity index is 899. The van der Waals surface area contributed by atoms with Crippen molar-refractivity contribution in [3.8, 4) is 0 Å². The van der Waals surface area contributed by atoms with Gasteiger partial charge >= 0.3 is 11.7 Å². The number of benzene rings is 2. The average molecular weight is 406 g/mol. The van der Waals surface area contributed by atoms with E-state index >= 15 is 0 Å². The number of rotatable bonds is 4. The topological polar surface area (TPSA) is 34.1 Å². The second kappa shape index (κ2) is 7.59. The largest absolute Gasteiger partial charge is 0.501 e. The molecule has 0 saturated carbocycles. The second-order valence-electron chi connectivity index (χ2n) is 5.29. The standard InChI is InChI=1S/C18H12F6O2S/c19-17(20,21)16(27(25,26)18(22,23)24)12-11-15(13-7-3-1-4-8-13)14-9-5-2-6-10-14/h1-12H/b16-12-. The molecule has 0 aliphatic carbocycles. The van der Waals surface area contributed by atoms with Crippen molar-refractivity contribution in [2.75, 3.05) is 0 Å². The molecule has 0 saturated heterocycles. The van der Waals surface area contributed by atoms with Gasteiger partial charge in [-0.3, -0.25) is 0 Å². The lowest BCUT2D eigenvalue weighted by molar-refractivity contribution is -0.0893. The van der Waals surface area contributed by atoms with Gasteiger partial charge in [-0.25, -0.2) is 8.42 Å². The third kappa shape index (κ3) is 4.79. The van der Waals surface area contributed by atoms with Crippen LogP contribution in [-0.4, -0.2) is 20.1 Å². The van der Waals surface area contributed by atoms with E-state index in [1.807, 2.05) is 0 Å². The molecule has 144 valence electrons. The number of allylic oxidation sites excluding steroid dienone is 3. The molecule has 0 aliphatic rings. The van der Waals surface area contributed by atoms with Crippen LogP contribution >= 0.6 is 0 Å². The summed E-state index contributed by atoms with van der Waals surface area (Å²) in [6.07, 6.45) is -5.04. The van der Waals surface area contributed by atoms with Crippen molar-refractivity contribution in [3.05, 3.63) is 88.8 Å². The molecule has 2 aromatic carbocycles. The average Bonchev–Trinajstić information content (AvgIpc) is 2.58. The fourth-order valence-corrected chi connectivity index (χ4v) is 3.02. The highest BCUT2D eigenvalue weighted by atomic mass is 32.2. The first-order valence-electron chi connectivity index (χ1n) is 7.36. The van der Waals surface area contributed by atoms with E-state index in [0.717, 1.165) is 6.08 Å². The lowest BCUT2D eigenvalue weighted by Gasteiger charge is -2.14. The molecule has 2 aromatic rings. The van der Waals surface area contributed by atoms with Gasteiger partial charge in [-0.2, -0.15) is 26.3 Å². The van der Waals surface area contributed by atoms with E-state index in [-0.39, 0.29) is 11.6 Å². The van der Waals surface area contributed by atoms with Crippen LogP contribution in [0.25, 0.3) is 5.57 Å². The summed E-state index contributed by atoms with van der Waals surface area (Å²) < 4.78 is 99.7. The fourth-order valence-electron chi connectivity index (χ4n) is 2.21. The van der Waals surface area contributed by atoms with Crippen LogP contribution in [0.5, 0.6) is 0 Å². The molecule has 0 spiro atoms. The van der Waals surface area contributed by atoms with E-state index < -0.39 is 26.4 Å². The maximum absolute atomic E-state index is 13.0. The molecule has 27 heavy (non-hydrogen) atoms. The molecule has 0 atom stereocenters. The van der Waals surface area contributed by atoms with Crippen LogP contribution in [0.2, 0.25) is 0 Å². The first kappa shape index (κ1) is 20.8. The van der Waals surface area contributed by atoms with Crippen molar-refractivity contribution < 1.29 is 34.8 Å². The van der Waals surface area contributed by atoms with Crippen molar-refractivity contribution in [2.24, 2.45) is 0 Å². The third-order valence-corrected chi connectivity index (χ3v) is 5.00. The normalized spacial score (nSPS) is 13.3. The quantitative estimate of drug-likeness (QED) is 0.496. The van der Waals surface area contributed by atoms with Crippen LogP contribution in [0.4, 0.5) is 26.3 Å². The molecule has 9 heteroatoms. The summed E-state index contributed by atoms with van der Waals surface area (Å²) in [6, 6.07) is 15.8. The zero-order valence-corrected chi connectivity index (χ0v) is 14.2. The first-order chi connectivity index (χ1) is 12.4. The molecule has 0 amide bonds. The van der Waals surface area contributed by atoms with Gasteiger partial charge in [0.05, 0.1) is 0 Å². The van der Waals surface area contributed by atoms with Crippen molar-refractivity contribution in [1.82, 2.24) is 0 Å². The monoisotopic (exact) mass is 406 g/mol. The maximum Gasteiger partial charge on any atom is 0.501 e. The van der Waals surface area contributed by atoms with Crippen molar-refractivity contribution in [3.63, 3.8) is 0 Å². The van der Waals surface area contributed by atoms with Gasteiger partial charge in [-0.05, 0) is 22.8 Å². The molecule has 2 nitrogen and oxygen atoms in total. The van der Waals surface area contributed by atoms with Gasteiger partial charge in [-0.1, -0.05) is 66.7 Å². The van der Waals surface area contributed by atoms with Gasteiger partial charge in [0.15, 0.2) is 4.91 Å². The van der Waals surface area contributed by atoms with E-state index in [1.54, 1.807) is 36.4 Å². The summed E-state index contributed by atoms with van der Waals surface area (Å²) >= 11 is 0. The van der Waals surface area contributed by atoms with Gasteiger partial charge in [-0.15, -0.1) is 0 Å². The molecule has 0 fully saturated rings. The highest BCUT2D eigenvalue weighted by molar-refractivity contribution is 7.96. The Hall–Kier alpha value is -2.55. The van der Waals surface area contributed by atoms with Crippen molar-refractivity contribution >= 4 is 15.4 Å². The number of hydrogen-bond acceptors (Lipinski definition) is 2. The van der Waals surface area contributed by atoms with Crippen molar-refractivity contribution in [1.29, 1.82) is 0 Å². The van der Waals surface area contributed by atoms with E-state index in [2.05, 4.69) is 0 Å². The highest BCUT2D eigenvalue weighted by Crippen LogP contribution is 2.39. The van der Waals surface area contributed by atoms with Crippen LogP contribution < -0.4 is 0 Å². The van der Waals surface area contributed by atoms with E-state index in [4.69, 9.17) is 0 Å². The van der Waals surface area contributed by atoms with Gasteiger partial charge in [0.2, 0.25) is 0 Å². The third-order valence-electron chi connectivity index (χ3n) is 3.44. The molecule has 0 bridgehead atoms. The van der Waals surface area contributed by atoms with Crippen molar-refractivity contribution in [2.45, 2.75) is 11.7 Å². The summed E-state index contributed by atoms with van der Waals surface area (Å²) in [5, 5.41) is 0. The Morgan fingerprint density at radius 3 is 1.44 bits per heavy atom. The zero-order chi connectivity index (χ0) is 20.3. The summed E-state index contributed by atoms with van der Waals surface area (Å²) in [5.41, 5.74) is -5.12. The van der Waals surface area contributed by atoms with Gasteiger partial charge in [0.1, 0.15) is 0 Å². The zero-order valence-electron chi connectivity index (χ0n) is 13.4.